The van der Waals surface area contributed by atoms with Gasteiger partial charge in [0.05, 0.1) is 5.69 Å². The molecule has 0 unspecified atom stereocenters. The van der Waals surface area contributed by atoms with E-state index in [1.165, 1.54) is 11.1 Å². The number of hydrogen-bond donors (Lipinski definition) is 1. The molecule has 0 aliphatic carbocycles. The van der Waals surface area contributed by atoms with Crippen LogP contribution in [0.25, 0.3) is 5.69 Å². The zero-order valence-corrected chi connectivity index (χ0v) is 20.5. The van der Waals surface area contributed by atoms with Crippen LogP contribution in [0.4, 0.5) is 0 Å². The number of aryl methyl sites for hydroxylation is 2. The fraction of sp³-hybridized carbons (Fsp3) is 0.400. The first-order valence-corrected chi connectivity index (χ1v) is 12.4. The molecule has 1 aromatic heterocycles. The summed E-state index contributed by atoms with van der Waals surface area (Å²) >= 11 is 7.94. The van der Waals surface area contributed by atoms with E-state index in [1.54, 1.807) is 11.8 Å². The molecule has 2 aromatic carbocycles. The number of carbonyl (C=O) groups excluding carboxylic acids is 1. The molecule has 3 rings (SSSR count). The largest absolute Gasteiger partial charge is 0.356 e. The molecule has 0 fully saturated rings. The summed E-state index contributed by atoms with van der Waals surface area (Å²) in [6.45, 7) is 7.04. The van der Waals surface area contributed by atoms with Gasteiger partial charge in [0.2, 0.25) is 5.91 Å². The Kier molecular flexibility index (Phi) is 9.18. The number of thioether (sulfide) groups is 1. The number of nitrogens with one attached hydrogen (secondary N) is 1. The first kappa shape index (κ1) is 24.3. The topological polar surface area (TPSA) is 59.8 Å². The molecule has 1 heterocycles. The van der Waals surface area contributed by atoms with E-state index in [4.69, 9.17) is 11.6 Å². The van der Waals surface area contributed by atoms with E-state index in [1.807, 2.05) is 24.3 Å². The number of unbranched alkanes of at least 4 members (excludes halogenated alkanes) is 1. The Morgan fingerprint density at radius 2 is 1.94 bits per heavy atom. The van der Waals surface area contributed by atoms with E-state index in [-0.39, 0.29) is 5.91 Å². The van der Waals surface area contributed by atoms with E-state index < -0.39 is 0 Å². The molecule has 0 atom stereocenters. The number of rotatable bonds is 11. The van der Waals surface area contributed by atoms with Crippen LogP contribution in [0.3, 0.4) is 0 Å². The van der Waals surface area contributed by atoms with Crippen LogP contribution in [0, 0.1) is 12.8 Å². The van der Waals surface area contributed by atoms with Gasteiger partial charge in [-0.2, -0.15) is 0 Å². The van der Waals surface area contributed by atoms with Crippen molar-refractivity contribution in [3.8, 4) is 5.69 Å². The quantitative estimate of drug-likeness (QED) is 0.275. The van der Waals surface area contributed by atoms with Crippen molar-refractivity contribution in [1.82, 2.24) is 20.1 Å². The van der Waals surface area contributed by atoms with Crippen LogP contribution in [0.1, 0.15) is 50.1 Å². The number of hydrogen-bond acceptors (Lipinski definition) is 4. The van der Waals surface area contributed by atoms with Gasteiger partial charge < -0.3 is 5.32 Å². The normalized spacial score (nSPS) is 11.2. The molecule has 170 valence electrons. The van der Waals surface area contributed by atoms with Gasteiger partial charge in [0.1, 0.15) is 5.82 Å². The van der Waals surface area contributed by atoms with Crippen LogP contribution in [0.15, 0.2) is 53.7 Å². The SMILES string of the molecule is Cc1ccccc1CSc1nnc(CCCCC(=O)NCC(C)C)n1-c1cccc(Cl)c1. The third kappa shape index (κ3) is 7.10. The number of aromatic nitrogens is 3. The fourth-order valence-electron chi connectivity index (χ4n) is 3.32. The molecule has 0 saturated heterocycles. The summed E-state index contributed by atoms with van der Waals surface area (Å²) in [5, 5.41) is 13.5. The second kappa shape index (κ2) is 12.1. The predicted octanol–water partition coefficient (Wildman–Crippen LogP) is 6.01. The Labute approximate surface area is 200 Å². The minimum Gasteiger partial charge on any atom is -0.356 e. The molecule has 5 nitrogen and oxygen atoms in total. The molecule has 0 saturated carbocycles. The second-order valence-corrected chi connectivity index (χ2v) is 9.71. The lowest BCUT2D eigenvalue weighted by molar-refractivity contribution is -0.121. The highest BCUT2D eigenvalue weighted by molar-refractivity contribution is 7.98. The highest BCUT2D eigenvalue weighted by Crippen LogP contribution is 2.28. The van der Waals surface area contributed by atoms with Gasteiger partial charge in [0.15, 0.2) is 5.16 Å². The Morgan fingerprint density at radius 3 is 2.69 bits per heavy atom. The van der Waals surface area contributed by atoms with Crippen molar-refractivity contribution in [2.45, 2.75) is 57.4 Å². The Hall–Kier alpha value is -2.31. The summed E-state index contributed by atoms with van der Waals surface area (Å²) in [5.74, 6) is 2.29. The third-order valence-corrected chi connectivity index (χ3v) is 6.36. The van der Waals surface area contributed by atoms with Crippen LogP contribution >= 0.6 is 23.4 Å². The molecule has 0 radical (unpaired) electrons. The minimum atomic E-state index is 0.115. The average molecular weight is 471 g/mol. The summed E-state index contributed by atoms with van der Waals surface area (Å²) in [4.78, 5) is 12.0. The molecule has 0 aliphatic heterocycles. The van der Waals surface area contributed by atoms with Crippen molar-refractivity contribution >= 4 is 29.3 Å². The molecule has 1 amide bonds. The van der Waals surface area contributed by atoms with Gasteiger partial charge in [-0.1, -0.05) is 67.5 Å². The van der Waals surface area contributed by atoms with E-state index in [0.717, 1.165) is 48.2 Å². The Morgan fingerprint density at radius 1 is 1.12 bits per heavy atom. The van der Waals surface area contributed by atoms with Gasteiger partial charge in [-0.25, -0.2) is 0 Å². The van der Waals surface area contributed by atoms with Crippen molar-refractivity contribution in [3.05, 3.63) is 70.5 Å². The van der Waals surface area contributed by atoms with Gasteiger partial charge in [0, 0.05) is 30.2 Å². The van der Waals surface area contributed by atoms with Crippen LogP contribution in [-0.2, 0) is 17.0 Å². The van der Waals surface area contributed by atoms with Crippen molar-refractivity contribution in [2.24, 2.45) is 5.92 Å². The maximum atomic E-state index is 12.0. The maximum absolute atomic E-state index is 12.0. The second-order valence-electron chi connectivity index (χ2n) is 8.33. The lowest BCUT2D eigenvalue weighted by Gasteiger charge is -2.11. The molecular weight excluding hydrogens is 440 g/mol. The van der Waals surface area contributed by atoms with Crippen molar-refractivity contribution in [3.63, 3.8) is 0 Å². The number of benzene rings is 2. The van der Waals surface area contributed by atoms with Gasteiger partial charge in [-0.3, -0.25) is 9.36 Å². The van der Waals surface area contributed by atoms with Crippen LogP contribution in [-0.4, -0.2) is 27.2 Å². The number of amides is 1. The Balaban J connectivity index is 1.69. The molecular formula is C25H31ClN4OS. The van der Waals surface area contributed by atoms with E-state index in [9.17, 15) is 4.79 Å². The first-order chi connectivity index (χ1) is 15.4. The Bertz CT molecular complexity index is 1030. The highest BCUT2D eigenvalue weighted by atomic mass is 35.5. The fourth-order valence-corrected chi connectivity index (χ4v) is 4.55. The number of halogens is 1. The van der Waals surface area contributed by atoms with E-state index in [0.29, 0.717) is 17.4 Å². The standard InChI is InChI=1S/C25H31ClN4OS/c1-18(2)16-27-24(31)14-7-6-13-23-28-29-25(30(23)22-12-8-11-21(26)15-22)32-17-20-10-5-4-9-19(20)3/h4-5,8-12,15,18H,6-7,13-14,16-17H2,1-3H3,(H,27,31). The molecule has 0 spiro atoms. The first-order valence-electron chi connectivity index (χ1n) is 11.1. The van der Waals surface area contributed by atoms with E-state index >= 15 is 0 Å². The van der Waals surface area contributed by atoms with Gasteiger partial charge in [0.25, 0.3) is 0 Å². The molecule has 32 heavy (non-hydrogen) atoms. The minimum absolute atomic E-state index is 0.115. The third-order valence-electron chi connectivity index (χ3n) is 5.15. The molecule has 1 N–H and O–H groups in total. The average Bonchev–Trinajstić information content (AvgIpc) is 3.17. The summed E-state index contributed by atoms with van der Waals surface area (Å²) < 4.78 is 2.09. The van der Waals surface area contributed by atoms with Gasteiger partial charge in [-0.05, 0) is 55.0 Å². The van der Waals surface area contributed by atoms with Crippen molar-refractivity contribution < 1.29 is 4.79 Å². The van der Waals surface area contributed by atoms with Crippen LogP contribution < -0.4 is 5.32 Å². The summed E-state index contributed by atoms with van der Waals surface area (Å²) in [5.41, 5.74) is 3.51. The van der Waals surface area contributed by atoms with Gasteiger partial charge in [-0.15, -0.1) is 10.2 Å². The van der Waals surface area contributed by atoms with Crippen molar-refractivity contribution in [2.75, 3.05) is 6.54 Å². The zero-order chi connectivity index (χ0) is 22.9. The maximum Gasteiger partial charge on any atom is 0.220 e. The number of nitrogens with zero attached hydrogens (tertiary/aromatic N) is 3. The van der Waals surface area contributed by atoms with E-state index in [2.05, 4.69) is 65.1 Å². The molecule has 0 bridgehead atoms. The summed E-state index contributed by atoms with van der Waals surface area (Å²) in [7, 11) is 0. The highest BCUT2D eigenvalue weighted by Gasteiger charge is 2.15. The predicted molar refractivity (Wildman–Crippen MR) is 133 cm³/mol. The van der Waals surface area contributed by atoms with Crippen molar-refractivity contribution in [1.29, 1.82) is 0 Å². The lowest BCUT2D eigenvalue weighted by atomic mass is 10.1. The molecule has 7 heteroatoms. The lowest BCUT2D eigenvalue weighted by Crippen LogP contribution is -2.26. The molecule has 0 aliphatic rings. The van der Waals surface area contributed by atoms with Crippen LogP contribution in [0.5, 0.6) is 0 Å². The molecule has 3 aromatic rings. The summed E-state index contributed by atoms with van der Waals surface area (Å²) in [6.07, 6.45) is 2.98. The number of carbonyl (C=O) groups is 1. The van der Waals surface area contributed by atoms with Crippen LogP contribution in [0.2, 0.25) is 5.02 Å². The zero-order valence-electron chi connectivity index (χ0n) is 19.0. The smallest absolute Gasteiger partial charge is 0.220 e. The monoisotopic (exact) mass is 470 g/mol. The van der Waals surface area contributed by atoms with Gasteiger partial charge >= 0.3 is 0 Å². The summed E-state index contributed by atoms with van der Waals surface area (Å²) in [6, 6.07) is 16.2.